The van der Waals surface area contributed by atoms with Crippen molar-refractivity contribution in [3.8, 4) is 0 Å². The van der Waals surface area contributed by atoms with Gasteiger partial charge in [-0.3, -0.25) is 0 Å². The number of hydrogen-bond donors (Lipinski definition) is 1. The summed E-state index contributed by atoms with van der Waals surface area (Å²) in [6.07, 6.45) is 2.76. The third kappa shape index (κ3) is 5.00. The molecule has 0 aliphatic rings. The Kier molecular flexibility index (Phi) is 6.12. The molecule has 0 amide bonds. The van der Waals surface area contributed by atoms with Crippen molar-refractivity contribution in [2.75, 3.05) is 31.0 Å². The van der Waals surface area contributed by atoms with E-state index < -0.39 is 0 Å². The minimum Gasteiger partial charge on any atom is -0.380 e. The van der Waals surface area contributed by atoms with Crippen molar-refractivity contribution in [3.05, 3.63) is 23.9 Å². The van der Waals surface area contributed by atoms with Gasteiger partial charge in [0.25, 0.3) is 0 Å². The summed E-state index contributed by atoms with van der Waals surface area (Å²) in [5.74, 6) is 1.52. The fourth-order valence-corrected chi connectivity index (χ4v) is 1.32. The first-order chi connectivity index (χ1) is 7.34. The van der Waals surface area contributed by atoms with Crippen molar-refractivity contribution >= 4 is 17.4 Å². The molecule has 0 aliphatic heterocycles. The van der Waals surface area contributed by atoms with Gasteiger partial charge in [-0.1, -0.05) is 6.07 Å². The van der Waals surface area contributed by atoms with Crippen LogP contribution in [-0.4, -0.2) is 30.6 Å². The van der Waals surface area contributed by atoms with Crippen molar-refractivity contribution in [2.24, 2.45) is 0 Å². The molecule has 1 aromatic rings. The molecular formula is C11H17ClN2O. The van der Waals surface area contributed by atoms with Crippen LogP contribution in [-0.2, 0) is 4.74 Å². The number of hydrogen-bond acceptors (Lipinski definition) is 3. The lowest BCUT2D eigenvalue weighted by Gasteiger charge is -2.07. The summed E-state index contributed by atoms with van der Waals surface area (Å²) in [7, 11) is 0. The molecule has 0 unspecified atom stereocenters. The highest BCUT2D eigenvalue weighted by molar-refractivity contribution is 6.17. The molecule has 0 radical (unpaired) electrons. The maximum Gasteiger partial charge on any atom is 0.128 e. The monoisotopic (exact) mass is 228 g/mol. The number of halogens is 1. The molecule has 1 aromatic heterocycles. The van der Waals surface area contributed by atoms with E-state index in [1.807, 2.05) is 19.1 Å². The minimum absolute atomic E-state index is 0.562. The van der Waals surface area contributed by atoms with Crippen LogP contribution in [0.3, 0.4) is 0 Å². The van der Waals surface area contributed by atoms with Crippen LogP contribution in [0.25, 0.3) is 0 Å². The summed E-state index contributed by atoms with van der Waals surface area (Å²) in [4.78, 5) is 4.24. The molecule has 0 aromatic carbocycles. The highest BCUT2D eigenvalue weighted by Crippen LogP contribution is 2.08. The summed E-state index contributed by atoms with van der Waals surface area (Å²) in [6.45, 7) is 4.29. The van der Waals surface area contributed by atoms with Crippen LogP contribution in [0.4, 0.5) is 5.82 Å². The summed E-state index contributed by atoms with van der Waals surface area (Å²) < 4.78 is 5.26. The van der Waals surface area contributed by atoms with E-state index in [0.717, 1.165) is 25.4 Å². The van der Waals surface area contributed by atoms with Gasteiger partial charge < -0.3 is 10.1 Å². The molecule has 84 valence electrons. The number of anilines is 1. The van der Waals surface area contributed by atoms with Gasteiger partial charge in [0.1, 0.15) is 5.82 Å². The van der Waals surface area contributed by atoms with Gasteiger partial charge >= 0.3 is 0 Å². The van der Waals surface area contributed by atoms with Gasteiger partial charge in [-0.25, -0.2) is 4.98 Å². The quantitative estimate of drug-likeness (QED) is 0.575. The lowest BCUT2D eigenvalue weighted by Crippen LogP contribution is -2.08. The molecule has 0 spiro atoms. The number of nitrogens with zero attached hydrogens (tertiary/aromatic N) is 1. The van der Waals surface area contributed by atoms with E-state index in [4.69, 9.17) is 16.3 Å². The normalized spacial score (nSPS) is 10.3. The van der Waals surface area contributed by atoms with Crippen molar-refractivity contribution in [2.45, 2.75) is 13.3 Å². The van der Waals surface area contributed by atoms with Crippen molar-refractivity contribution in [1.29, 1.82) is 0 Å². The van der Waals surface area contributed by atoms with Gasteiger partial charge in [0.15, 0.2) is 0 Å². The molecule has 0 aliphatic carbocycles. The number of alkyl halides is 1. The number of ether oxygens (including phenoxy) is 1. The highest BCUT2D eigenvalue weighted by atomic mass is 35.5. The topological polar surface area (TPSA) is 34.2 Å². The van der Waals surface area contributed by atoms with Crippen LogP contribution < -0.4 is 5.32 Å². The molecule has 0 saturated heterocycles. The molecular weight excluding hydrogens is 212 g/mol. The number of rotatable bonds is 7. The Bertz CT molecular complexity index is 281. The van der Waals surface area contributed by atoms with E-state index in [1.54, 1.807) is 6.20 Å². The largest absolute Gasteiger partial charge is 0.380 e. The third-order valence-corrected chi connectivity index (χ3v) is 2.14. The first-order valence-electron chi connectivity index (χ1n) is 5.14. The molecule has 0 fully saturated rings. The SMILES string of the molecule is Cc1cccnc1NCCCOCCCl. The molecule has 0 bridgehead atoms. The summed E-state index contributed by atoms with van der Waals surface area (Å²) >= 11 is 5.48. The van der Waals surface area contributed by atoms with Crippen molar-refractivity contribution in [3.63, 3.8) is 0 Å². The maximum absolute atomic E-state index is 5.48. The Morgan fingerprint density at radius 1 is 1.47 bits per heavy atom. The Balaban J connectivity index is 2.12. The number of aromatic nitrogens is 1. The predicted molar refractivity (Wildman–Crippen MR) is 63.6 cm³/mol. The smallest absolute Gasteiger partial charge is 0.128 e. The van der Waals surface area contributed by atoms with Crippen LogP contribution in [0.1, 0.15) is 12.0 Å². The van der Waals surface area contributed by atoms with Gasteiger partial charge in [-0.2, -0.15) is 0 Å². The Morgan fingerprint density at radius 2 is 2.33 bits per heavy atom. The molecule has 1 rings (SSSR count). The molecule has 3 nitrogen and oxygen atoms in total. The second-order valence-electron chi connectivity index (χ2n) is 3.25. The van der Waals surface area contributed by atoms with Crippen LogP contribution in [0.5, 0.6) is 0 Å². The first kappa shape index (κ1) is 12.3. The molecule has 1 heterocycles. The maximum atomic E-state index is 5.48. The first-order valence-corrected chi connectivity index (χ1v) is 5.67. The van der Waals surface area contributed by atoms with E-state index in [-0.39, 0.29) is 0 Å². The van der Waals surface area contributed by atoms with Gasteiger partial charge in [-0.15, -0.1) is 11.6 Å². The van der Waals surface area contributed by atoms with Crippen LogP contribution in [0, 0.1) is 6.92 Å². The summed E-state index contributed by atoms with van der Waals surface area (Å²) in [5.41, 5.74) is 1.17. The fraction of sp³-hybridized carbons (Fsp3) is 0.545. The zero-order valence-electron chi connectivity index (χ0n) is 9.00. The minimum atomic E-state index is 0.562. The van der Waals surface area contributed by atoms with Crippen LogP contribution >= 0.6 is 11.6 Å². The molecule has 15 heavy (non-hydrogen) atoms. The Hall–Kier alpha value is -0.800. The standard InChI is InChI=1S/C11H17ClN2O/c1-10-4-2-6-13-11(10)14-7-3-8-15-9-5-12/h2,4,6H,3,5,7-9H2,1H3,(H,13,14). The zero-order valence-corrected chi connectivity index (χ0v) is 9.76. The van der Waals surface area contributed by atoms with Crippen LogP contribution in [0.15, 0.2) is 18.3 Å². The lowest BCUT2D eigenvalue weighted by atomic mass is 10.3. The zero-order chi connectivity index (χ0) is 10.9. The molecule has 1 N–H and O–H groups in total. The second kappa shape index (κ2) is 7.49. The number of nitrogens with one attached hydrogen (secondary N) is 1. The predicted octanol–water partition coefficient (Wildman–Crippen LogP) is 2.45. The molecule has 0 saturated carbocycles. The second-order valence-corrected chi connectivity index (χ2v) is 3.63. The van der Waals surface area contributed by atoms with E-state index in [1.165, 1.54) is 5.56 Å². The van der Waals surface area contributed by atoms with Gasteiger partial charge in [0, 0.05) is 25.2 Å². The van der Waals surface area contributed by atoms with Gasteiger partial charge in [-0.05, 0) is 25.0 Å². The number of pyridine rings is 1. The van der Waals surface area contributed by atoms with E-state index in [0.29, 0.717) is 12.5 Å². The average molecular weight is 229 g/mol. The van der Waals surface area contributed by atoms with Gasteiger partial charge in [0.05, 0.1) is 6.61 Å². The van der Waals surface area contributed by atoms with Crippen LogP contribution in [0.2, 0.25) is 0 Å². The highest BCUT2D eigenvalue weighted by Gasteiger charge is 1.96. The van der Waals surface area contributed by atoms with E-state index in [2.05, 4.69) is 10.3 Å². The van der Waals surface area contributed by atoms with Crippen molar-refractivity contribution in [1.82, 2.24) is 4.98 Å². The van der Waals surface area contributed by atoms with E-state index in [9.17, 15) is 0 Å². The van der Waals surface area contributed by atoms with E-state index >= 15 is 0 Å². The van der Waals surface area contributed by atoms with Gasteiger partial charge in [0.2, 0.25) is 0 Å². The molecule has 4 heteroatoms. The number of aryl methyl sites for hydroxylation is 1. The Labute approximate surface area is 95.8 Å². The summed E-state index contributed by atoms with van der Waals surface area (Å²) in [6, 6.07) is 3.98. The summed E-state index contributed by atoms with van der Waals surface area (Å²) in [5, 5.41) is 3.27. The third-order valence-electron chi connectivity index (χ3n) is 1.99. The Morgan fingerprint density at radius 3 is 3.07 bits per heavy atom. The molecule has 0 atom stereocenters. The van der Waals surface area contributed by atoms with Crippen molar-refractivity contribution < 1.29 is 4.74 Å². The average Bonchev–Trinajstić information content (AvgIpc) is 2.25. The lowest BCUT2D eigenvalue weighted by molar-refractivity contribution is 0.149. The fourth-order valence-electron chi connectivity index (χ4n) is 1.21.